The van der Waals surface area contributed by atoms with E-state index in [9.17, 15) is 33.9 Å². The zero-order valence-corrected chi connectivity index (χ0v) is 24.2. The third kappa shape index (κ3) is 5.12. The van der Waals surface area contributed by atoms with Crippen molar-refractivity contribution in [3.8, 4) is 0 Å². The highest BCUT2D eigenvalue weighted by molar-refractivity contribution is 7.47. The normalized spacial score (nSPS) is 37.7. The molecule has 4 aromatic rings. The number of nitrogens with zero attached hydrogens (tertiary/aromatic N) is 7. The highest BCUT2D eigenvalue weighted by atomic mass is 31.2. The lowest BCUT2D eigenvalue weighted by Crippen LogP contribution is -2.48. The zero-order chi connectivity index (χ0) is 31.9. The molecule has 7 rings (SSSR count). The van der Waals surface area contributed by atoms with Crippen molar-refractivity contribution in [3.05, 3.63) is 29.3 Å². The van der Waals surface area contributed by atoms with Crippen molar-refractivity contribution in [2.75, 3.05) is 31.3 Å². The summed E-state index contributed by atoms with van der Waals surface area (Å²) < 4.78 is 61.0. The minimum atomic E-state index is -5.16. The van der Waals surface area contributed by atoms with E-state index in [0.717, 1.165) is 17.2 Å². The van der Waals surface area contributed by atoms with Crippen molar-refractivity contribution in [2.45, 2.75) is 42.5 Å². The molecule has 2 unspecified atom stereocenters. The predicted octanol–water partition coefficient (Wildman–Crippen LogP) is -2.56. The molecule has 3 aliphatic rings. The minimum Gasteiger partial charge on any atom is -0.387 e. The van der Waals surface area contributed by atoms with Crippen LogP contribution < -0.4 is 17.0 Å². The summed E-state index contributed by atoms with van der Waals surface area (Å²) >= 11 is 0. The summed E-state index contributed by atoms with van der Waals surface area (Å²) in [6, 6.07) is 0. The molecule has 3 aliphatic heterocycles. The molecule has 0 radical (unpaired) electrons. The molecule has 0 aromatic carbocycles. The number of nitrogen functional groups attached to an aromatic ring is 2. The van der Waals surface area contributed by atoms with Gasteiger partial charge in [0, 0.05) is 0 Å². The summed E-state index contributed by atoms with van der Waals surface area (Å²) in [4.78, 5) is 55.9. The molecule has 3 fully saturated rings. The highest BCUT2D eigenvalue weighted by Crippen LogP contribution is 2.54. The third-order valence-corrected chi connectivity index (χ3v) is 9.38. The number of hydrogen-bond donors (Lipinski definition) is 7. The van der Waals surface area contributed by atoms with Crippen molar-refractivity contribution in [1.29, 1.82) is 0 Å². The lowest BCUT2D eigenvalue weighted by molar-refractivity contribution is -0.111. The molecule has 242 valence electrons. The van der Waals surface area contributed by atoms with Crippen molar-refractivity contribution in [3.63, 3.8) is 0 Å². The van der Waals surface area contributed by atoms with Gasteiger partial charge >= 0.3 is 15.6 Å². The minimum absolute atomic E-state index is 0.0205. The second kappa shape index (κ2) is 10.6. The van der Waals surface area contributed by atoms with Gasteiger partial charge in [0.25, 0.3) is 5.56 Å². The number of phosphoric ester groups is 2. The first-order chi connectivity index (χ1) is 21.3. The number of ether oxygens (including phenoxy) is 2. The van der Waals surface area contributed by atoms with Gasteiger partial charge in [-0.2, -0.15) is 4.98 Å². The molecule has 23 nitrogen and oxygen atoms in total. The van der Waals surface area contributed by atoms with Gasteiger partial charge in [0.1, 0.15) is 42.4 Å². The van der Waals surface area contributed by atoms with Gasteiger partial charge in [-0.3, -0.25) is 37.0 Å². The van der Waals surface area contributed by atoms with Crippen LogP contribution in [-0.2, 0) is 42.4 Å². The standard InChI is InChI=1S/C20H24N10O13P2/c21-14-9-15(24-4-23-14)29(5-25-9)18-12-11(31)7(41-18)1-39-45(36,37)43-13-8(2-40-44(34,35)42-12)38-3-20(13,33)30-6-26-10-16(30)27-19(22)28-17(10)32/h4-8,11-13,18,31,33H,1-3H2,(H,34,35)(H,36,37)(H2,21,23,24)(H3,22,27,28,32)/t7-,8-,11-,12-,13-,18-,20+/m1/s1. The van der Waals surface area contributed by atoms with Crippen LogP contribution in [0, 0.1) is 0 Å². The molecule has 0 spiro atoms. The molecular weight excluding hydrogens is 650 g/mol. The Morgan fingerprint density at radius 2 is 1.69 bits per heavy atom. The molecule has 45 heavy (non-hydrogen) atoms. The lowest BCUT2D eigenvalue weighted by Gasteiger charge is -2.32. The number of nitrogens with one attached hydrogen (secondary N) is 1. The maximum absolute atomic E-state index is 13.2. The molecule has 9 N–H and O–H groups in total. The van der Waals surface area contributed by atoms with E-state index in [1.807, 2.05) is 0 Å². The molecule has 25 heteroatoms. The third-order valence-electron chi connectivity index (χ3n) is 7.43. The molecule has 4 aromatic heterocycles. The fourth-order valence-corrected chi connectivity index (χ4v) is 7.26. The summed E-state index contributed by atoms with van der Waals surface area (Å²) in [5.74, 6) is -0.305. The van der Waals surface area contributed by atoms with E-state index in [-0.39, 0.29) is 34.1 Å². The van der Waals surface area contributed by atoms with Crippen LogP contribution in [0.1, 0.15) is 6.23 Å². The van der Waals surface area contributed by atoms with Crippen LogP contribution in [-0.4, -0.2) is 109 Å². The number of nitrogens with two attached hydrogens (primary N) is 2. The SMILES string of the molecule is Nc1nc2c(ncn2[C@]2(O)CO[C@@H]3COP(=O)(O)O[C@@H]4[C@H](O)[C@@H](COP(=O)(O)O[C@H]32)O[C@H]4n2cnc3c(N)ncnc32)c(=O)[nH]1. The summed E-state index contributed by atoms with van der Waals surface area (Å²) in [6.45, 7) is -2.35. The number of hydrogen-bond acceptors (Lipinski definition) is 18. The first kappa shape index (κ1) is 30.2. The van der Waals surface area contributed by atoms with E-state index >= 15 is 0 Å². The number of aliphatic hydroxyl groups is 2. The smallest absolute Gasteiger partial charge is 0.387 e. The largest absolute Gasteiger partial charge is 0.472 e. The Morgan fingerprint density at radius 1 is 0.978 bits per heavy atom. The van der Waals surface area contributed by atoms with Crippen LogP contribution in [0.25, 0.3) is 22.3 Å². The Kier molecular flexibility index (Phi) is 7.09. The molecule has 2 bridgehead atoms. The lowest BCUT2D eigenvalue weighted by atomic mass is 10.1. The maximum Gasteiger partial charge on any atom is 0.472 e. The van der Waals surface area contributed by atoms with Crippen molar-refractivity contribution >= 4 is 49.7 Å². The summed E-state index contributed by atoms with van der Waals surface area (Å²) in [7, 11) is -10.3. The van der Waals surface area contributed by atoms with Crippen molar-refractivity contribution < 1.29 is 56.7 Å². The van der Waals surface area contributed by atoms with E-state index < -0.39 is 83.5 Å². The number of fused-ring (bicyclic) bond motifs is 5. The fourth-order valence-electron chi connectivity index (χ4n) is 5.34. The number of imidazole rings is 2. The van der Waals surface area contributed by atoms with Crippen LogP contribution in [0.5, 0.6) is 0 Å². The van der Waals surface area contributed by atoms with E-state index in [4.69, 9.17) is 39.0 Å². The number of phosphoric acid groups is 2. The molecule has 9 atom stereocenters. The van der Waals surface area contributed by atoms with Gasteiger partial charge in [-0.15, -0.1) is 0 Å². The Bertz CT molecular complexity index is 1950. The van der Waals surface area contributed by atoms with Crippen LogP contribution in [0.2, 0.25) is 0 Å². The summed E-state index contributed by atoms with van der Waals surface area (Å²) in [6.07, 6.45) is -6.27. The quantitative estimate of drug-likeness (QED) is 0.108. The predicted molar refractivity (Wildman–Crippen MR) is 143 cm³/mol. The van der Waals surface area contributed by atoms with Gasteiger partial charge < -0.3 is 40.9 Å². The number of rotatable bonds is 2. The van der Waals surface area contributed by atoms with Gasteiger partial charge in [-0.05, 0) is 0 Å². The Hall–Kier alpha value is -3.44. The van der Waals surface area contributed by atoms with Crippen LogP contribution >= 0.6 is 15.6 Å². The van der Waals surface area contributed by atoms with E-state index in [1.165, 1.54) is 10.9 Å². The Morgan fingerprint density at radius 3 is 2.47 bits per heavy atom. The number of aliphatic hydroxyl groups excluding tert-OH is 1. The maximum atomic E-state index is 13.2. The molecule has 7 heterocycles. The highest BCUT2D eigenvalue weighted by Gasteiger charge is 2.57. The second-order valence-corrected chi connectivity index (χ2v) is 13.0. The molecular formula is C20H24N10O13P2. The molecule has 0 saturated carbocycles. The Balaban J connectivity index is 1.23. The van der Waals surface area contributed by atoms with Gasteiger partial charge in [0.2, 0.25) is 5.95 Å². The van der Waals surface area contributed by atoms with Crippen LogP contribution in [0.15, 0.2) is 23.8 Å². The number of anilines is 2. The number of aromatic nitrogens is 8. The first-order valence-corrected chi connectivity index (χ1v) is 15.9. The second-order valence-electron chi connectivity index (χ2n) is 10.2. The van der Waals surface area contributed by atoms with Gasteiger partial charge in [-0.1, -0.05) is 0 Å². The Labute approximate surface area is 248 Å². The first-order valence-electron chi connectivity index (χ1n) is 12.9. The van der Waals surface area contributed by atoms with E-state index in [2.05, 4.69) is 29.9 Å². The van der Waals surface area contributed by atoms with E-state index in [0.29, 0.717) is 0 Å². The van der Waals surface area contributed by atoms with Crippen molar-refractivity contribution in [2.24, 2.45) is 0 Å². The summed E-state index contributed by atoms with van der Waals surface area (Å²) in [5, 5.41) is 22.8. The zero-order valence-electron chi connectivity index (χ0n) is 22.5. The summed E-state index contributed by atoms with van der Waals surface area (Å²) in [5.41, 5.74) is 8.14. The topological polar surface area (TPSA) is 330 Å². The van der Waals surface area contributed by atoms with Gasteiger partial charge in [0.05, 0.1) is 32.5 Å². The molecule has 0 amide bonds. The monoisotopic (exact) mass is 674 g/mol. The fraction of sp³-hybridized carbons (Fsp3) is 0.500. The van der Waals surface area contributed by atoms with Crippen molar-refractivity contribution in [1.82, 2.24) is 39.0 Å². The molecule has 3 saturated heterocycles. The van der Waals surface area contributed by atoms with Gasteiger partial charge in [-0.25, -0.2) is 29.1 Å². The molecule has 0 aliphatic carbocycles. The van der Waals surface area contributed by atoms with Crippen LogP contribution in [0.3, 0.4) is 0 Å². The number of H-pyrrole nitrogens is 1. The van der Waals surface area contributed by atoms with E-state index in [1.54, 1.807) is 0 Å². The average Bonchev–Trinajstić information content (AvgIpc) is 3.73. The van der Waals surface area contributed by atoms with Gasteiger partial charge in [0.15, 0.2) is 34.6 Å². The van der Waals surface area contributed by atoms with Crippen LogP contribution in [0.4, 0.5) is 11.8 Å². The average molecular weight is 674 g/mol. The number of aromatic amines is 1.